The van der Waals surface area contributed by atoms with Gasteiger partial charge in [-0.05, 0) is 24.0 Å². The van der Waals surface area contributed by atoms with E-state index in [9.17, 15) is 0 Å². The lowest BCUT2D eigenvalue weighted by molar-refractivity contribution is 1.04. The van der Waals surface area contributed by atoms with Crippen LogP contribution < -0.4 is 5.73 Å². The highest BCUT2D eigenvalue weighted by Gasteiger charge is 2.16. The molecule has 0 amide bonds. The molecule has 1 aromatic heterocycles. The normalized spacial score (nSPS) is 9.50. The first-order chi connectivity index (χ1) is 7.65. The van der Waals surface area contributed by atoms with Gasteiger partial charge in [-0.2, -0.15) is 22.3 Å². The molecule has 0 saturated carbocycles. The summed E-state index contributed by atoms with van der Waals surface area (Å²) in [6.45, 7) is 0. The van der Waals surface area contributed by atoms with Crippen molar-refractivity contribution < 1.29 is 0 Å². The molecule has 82 valence electrons. The Morgan fingerprint density at radius 1 is 1.38 bits per heavy atom. The van der Waals surface area contributed by atoms with E-state index in [0.717, 1.165) is 5.75 Å². The van der Waals surface area contributed by atoms with E-state index in [-0.39, 0.29) is 10.8 Å². The summed E-state index contributed by atoms with van der Waals surface area (Å²) in [5.41, 5.74) is 6.92. The van der Waals surface area contributed by atoms with Crippen molar-refractivity contribution in [3.05, 3.63) is 16.7 Å². The summed E-state index contributed by atoms with van der Waals surface area (Å²) < 4.78 is 0. The second kappa shape index (κ2) is 5.64. The van der Waals surface area contributed by atoms with Gasteiger partial charge < -0.3 is 5.73 Å². The lowest BCUT2D eigenvalue weighted by Gasteiger charge is -2.09. The van der Waals surface area contributed by atoms with Crippen molar-refractivity contribution >= 4 is 30.2 Å². The molecule has 16 heavy (non-hydrogen) atoms. The average Bonchev–Trinajstić information content (AvgIpc) is 2.26. The lowest BCUT2D eigenvalue weighted by atomic mass is 10.0. The van der Waals surface area contributed by atoms with Gasteiger partial charge in [0.05, 0.1) is 11.1 Å². The number of nitrogen functional groups attached to an aromatic ring is 1. The van der Waals surface area contributed by atoms with Crippen LogP contribution in [0.5, 0.6) is 0 Å². The Labute approximate surface area is 104 Å². The minimum Gasteiger partial charge on any atom is -0.383 e. The quantitative estimate of drug-likeness (QED) is 0.796. The Kier molecular flexibility index (Phi) is 4.48. The van der Waals surface area contributed by atoms with Crippen molar-refractivity contribution in [3.63, 3.8) is 0 Å². The van der Waals surface area contributed by atoms with E-state index >= 15 is 0 Å². The van der Waals surface area contributed by atoms with Crippen LogP contribution in [0.1, 0.15) is 16.7 Å². The summed E-state index contributed by atoms with van der Waals surface area (Å²) in [5, 5.41) is 18.3. The Balaban J connectivity index is 3.40. The topological polar surface area (TPSA) is 86.5 Å². The standard InChI is InChI=1S/C10H10N4S2/c1-16-3-2-6-7(4-11)9(13)14-10(15)8(6)5-12/h2-3H2,1H3,(H3,13,14,15). The molecular formula is C10H10N4S2. The molecule has 4 nitrogen and oxygen atoms in total. The first kappa shape index (κ1) is 12.7. The maximum Gasteiger partial charge on any atom is 0.143 e. The molecule has 1 aromatic rings. The number of hydrogen-bond donors (Lipinski definition) is 2. The molecule has 0 aliphatic heterocycles. The molecule has 0 aromatic carbocycles. The number of hydrogen-bond acceptors (Lipinski definition) is 6. The summed E-state index contributed by atoms with van der Waals surface area (Å²) in [7, 11) is 0. The number of nitriles is 2. The van der Waals surface area contributed by atoms with Gasteiger partial charge in [-0.3, -0.25) is 0 Å². The van der Waals surface area contributed by atoms with Crippen molar-refractivity contribution in [1.29, 1.82) is 10.5 Å². The van der Waals surface area contributed by atoms with Crippen LogP contribution in [0.4, 0.5) is 5.82 Å². The Morgan fingerprint density at radius 3 is 2.50 bits per heavy atom. The molecule has 0 unspecified atom stereocenters. The van der Waals surface area contributed by atoms with Crippen LogP contribution in [0, 0.1) is 22.7 Å². The first-order valence-electron chi connectivity index (χ1n) is 4.46. The fourth-order valence-electron chi connectivity index (χ4n) is 1.34. The zero-order valence-corrected chi connectivity index (χ0v) is 10.4. The maximum atomic E-state index is 9.01. The minimum atomic E-state index is 0.141. The Bertz CT molecular complexity index is 447. The van der Waals surface area contributed by atoms with E-state index in [1.165, 1.54) is 0 Å². The van der Waals surface area contributed by atoms with Crippen molar-refractivity contribution in [2.45, 2.75) is 11.4 Å². The molecule has 0 spiro atoms. The number of thiol groups is 1. The average molecular weight is 250 g/mol. The monoisotopic (exact) mass is 250 g/mol. The van der Waals surface area contributed by atoms with E-state index in [4.69, 9.17) is 16.3 Å². The molecule has 0 saturated heterocycles. The summed E-state index contributed by atoms with van der Waals surface area (Å²) in [4.78, 5) is 3.87. The highest BCUT2D eigenvalue weighted by atomic mass is 32.2. The molecule has 1 heterocycles. The zero-order valence-electron chi connectivity index (χ0n) is 8.69. The van der Waals surface area contributed by atoms with Gasteiger partial charge in [0.2, 0.25) is 0 Å². The number of nitrogens with two attached hydrogens (primary N) is 1. The third-order valence-electron chi connectivity index (χ3n) is 2.09. The predicted octanol–water partition coefficient (Wildman–Crippen LogP) is 1.60. The first-order valence-corrected chi connectivity index (χ1v) is 6.30. The second-order valence-corrected chi connectivity index (χ2v) is 4.42. The van der Waals surface area contributed by atoms with Gasteiger partial charge in [0.1, 0.15) is 23.0 Å². The molecule has 0 bridgehead atoms. The third kappa shape index (κ3) is 2.41. The molecule has 0 aliphatic rings. The number of thioether (sulfide) groups is 1. The third-order valence-corrected chi connectivity index (χ3v) is 3.03. The van der Waals surface area contributed by atoms with E-state index < -0.39 is 0 Å². The van der Waals surface area contributed by atoms with E-state index in [1.807, 2.05) is 18.4 Å². The van der Waals surface area contributed by atoms with Crippen LogP contribution in [0.25, 0.3) is 0 Å². The number of anilines is 1. The Morgan fingerprint density at radius 2 is 2.00 bits per heavy atom. The van der Waals surface area contributed by atoms with Crippen LogP contribution in [-0.4, -0.2) is 17.0 Å². The number of pyridine rings is 1. The minimum absolute atomic E-state index is 0.141. The highest BCUT2D eigenvalue weighted by molar-refractivity contribution is 7.98. The molecule has 1 rings (SSSR count). The smallest absolute Gasteiger partial charge is 0.143 e. The van der Waals surface area contributed by atoms with Gasteiger partial charge in [0.15, 0.2) is 0 Å². The van der Waals surface area contributed by atoms with Crippen LogP contribution in [-0.2, 0) is 6.42 Å². The van der Waals surface area contributed by atoms with Crippen molar-refractivity contribution in [2.75, 3.05) is 17.7 Å². The van der Waals surface area contributed by atoms with E-state index in [1.54, 1.807) is 11.8 Å². The number of nitrogens with zero attached hydrogens (tertiary/aromatic N) is 3. The molecular weight excluding hydrogens is 240 g/mol. The molecule has 2 N–H and O–H groups in total. The van der Waals surface area contributed by atoms with E-state index in [0.29, 0.717) is 23.1 Å². The largest absolute Gasteiger partial charge is 0.383 e. The van der Waals surface area contributed by atoms with Gasteiger partial charge in [-0.25, -0.2) is 4.98 Å². The fraction of sp³-hybridized carbons (Fsp3) is 0.300. The SMILES string of the molecule is CSCCc1c(C#N)c(N)nc(S)c1C#N. The zero-order chi connectivity index (χ0) is 12.1. The van der Waals surface area contributed by atoms with Gasteiger partial charge in [-0.15, -0.1) is 12.6 Å². The van der Waals surface area contributed by atoms with Gasteiger partial charge in [0.25, 0.3) is 0 Å². The number of rotatable bonds is 3. The molecule has 0 aliphatic carbocycles. The molecule has 0 fully saturated rings. The summed E-state index contributed by atoms with van der Waals surface area (Å²) in [5.74, 6) is 0.961. The van der Waals surface area contributed by atoms with Gasteiger partial charge in [0, 0.05) is 0 Å². The fourth-order valence-corrected chi connectivity index (χ4v) is 2.04. The van der Waals surface area contributed by atoms with Crippen LogP contribution in [0.15, 0.2) is 5.03 Å². The van der Waals surface area contributed by atoms with E-state index in [2.05, 4.69) is 17.6 Å². The van der Waals surface area contributed by atoms with Crippen molar-refractivity contribution in [2.24, 2.45) is 0 Å². The van der Waals surface area contributed by atoms with Crippen LogP contribution >= 0.6 is 24.4 Å². The van der Waals surface area contributed by atoms with Gasteiger partial charge in [-0.1, -0.05) is 0 Å². The van der Waals surface area contributed by atoms with Gasteiger partial charge >= 0.3 is 0 Å². The second-order valence-electron chi connectivity index (χ2n) is 3.02. The molecule has 0 radical (unpaired) electrons. The lowest BCUT2D eigenvalue weighted by Crippen LogP contribution is -2.06. The molecule has 0 atom stereocenters. The predicted molar refractivity (Wildman–Crippen MR) is 67.4 cm³/mol. The molecule has 6 heteroatoms. The summed E-state index contributed by atoms with van der Waals surface area (Å²) >= 11 is 5.74. The van der Waals surface area contributed by atoms with Crippen molar-refractivity contribution in [3.8, 4) is 12.1 Å². The Hall–Kier alpha value is -1.37. The summed E-state index contributed by atoms with van der Waals surface area (Å²) in [6.07, 6.45) is 2.58. The van der Waals surface area contributed by atoms with Crippen LogP contribution in [0.3, 0.4) is 0 Å². The highest BCUT2D eigenvalue weighted by Crippen LogP contribution is 2.24. The summed E-state index contributed by atoms with van der Waals surface area (Å²) in [6, 6.07) is 4.01. The maximum absolute atomic E-state index is 9.01. The number of aromatic nitrogens is 1. The van der Waals surface area contributed by atoms with Crippen LogP contribution in [0.2, 0.25) is 0 Å². The van der Waals surface area contributed by atoms with Crippen molar-refractivity contribution in [1.82, 2.24) is 4.98 Å².